The van der Waals surface area contributed by atoms with Gasteiger partial charge in [-0.1, -0.05) is 42.1 Å². The van der Waals surface area contributed by atoms with Gasteiger partial charge in [0.25, 0.3) is 0 Å². The average Bonchev–Trinajstić information content (AvgIpc) is 2.72. The van der Waals surface area contributed by atoms with Crippen molar-refractivity contribution in [1.82, 2.24) is 4.90 Å². The van der Waals surface area contributed by atoms with E-state index < -0.39 is 0 Å². The molecule has 3 aliphatic rings. The molecule has 1 fully saturated rings. The summed E-state index contributed by atoms with van der Waals surface area (Å²) in [5.41, 5.74) is 4.58. The van der Waals surface area contributed by atoms with Gasteiger partial charge in [0.2, 0.25) is 0 Å². The molecule has 1 N–H and O–H groups in total. The molecule has 118 valence electrons. The number of aliphatic hydroxyl groups excluding tert-OH is 1. The molecular formula is C20H21NOS. The summed E-state index contributed by atoms with van der Waals surface area (Å²) in [6.45, 7) is 1.92. The lowest BCUT2D eigenvalue weighted by molar-refractivity contribution is 0.0237. The molecule has 0 spiro atoms. The van der Waals surface area contributed by atoms with E-state index in [9.17, 15) is 5.11 Å². The molecule has 0 bridgehead atoms. The second-order valence-corrected chi connectivity index (χ2v) is 8.15. The summed E-state index contributed by atoms with van der Waals surface area (Å²) < 4.78 is 0. The van der Waals surface area contributed by atoms with E-state index in [4.69, 9.17) is 0 Å². The fraction of sp³-hybridized carbons (Fsp3) is 0.400. The second-order valence-electron chi connectivity index (χ2n) is 7.07. The van der Waals surface area contributed by atoms with Gasteiger partial charge in [0, 0.05) is 34.8 Å². The molecule has 0 amide bonds. The van der Waals surface area contributed by atoms with Crippen LogP contribution in [0.2, 0.25) is 0 Å². The number of benzene rings is 2. The SMILES string of the molecule is OC1CCC2c3cccc4c3C(Cc3ccccc3S4)CN2C1. The van der Waals surface area contributed by atoms with Gasteiger partial charge in [-0.05, 0) is 48.1 Å². The third-order valence-electron chi connectivity index (χ3n) is 5.64. The molecule has 3 heterocycles. The topological polar surface area (TPSA) is 23.5 Å². The van der Waals surface area contributed by atoms with Gasteiger partial charge in [0.05, 0.1) is 6.10 Å². The minimum Gasteiger partial charge on any atom is -0.392 e. The Hall–Kier alpha value is -1.29. The van der Waals surface area contributed by atoms with Gasteiger partial charge < -0.3 is 5.11 Å². The van der Waals surface area contributed by atoms with E-state index in [0.29, 0.717) is 12.0 Å². The number of hydrogen-bond donors (Lipinski definition) is 1. The van der Waals surface area contributed by atoms with Crippen LogP contribution in [0.3, 0.4) is 0 Å². The molecule has 3 heteroatoms. The number of rotatable bonds is 0. The highest BCUT2D eigenvalue weighted by Crippen LogP contribution is 2.49. The molecule has 2 aromatic carbocycles. The van der Waals surface area contributed by atoms with E-state index in [1.54, 1.807) is 5.56 Å². The second kappa shape index (κ2) is 5.37. The smallest absolute Gasteiger partial charge is 0.0668 e. The van der Waals surface area contributed by atoms with Crippen LogP contribution in [0.25, 0.3) is 0 Å². The van der Waals surface area contributed by atoms with E-state index in [2.05, 4.69) is 47.4 Å². The Morgan fingerprint density at radius 2 is 1.83 bits per heavy atom. The Kier molecular flexibility index (Phi) is 3.29. The lowest BCUT2D eigenvalue weighted by Gasteiger charge is -2.45. The normalized spacial score (nSPS) is 29.2. The Labute approximate surface area is 141 Å². The molecule has 2 nitrogen and oxygen atoms in total. The molecule has 0 aliphatic carbocycles. The van der Waals surface area contributed by atoms with Crippen LogP contribution >= 0.6 is 11.8 Å². The minimum absolute atomic E-state index is 0.150. The Morgan fingerprint density at radius 1 is 0.957 bits per heavy atom. The summed E-state index contributed by atoms with van der Waals surface area (Å²) in [7, 11) is 0. The van der Waals surface area contributed by atoms with Crippen LogP contribution in [0, 0.1) is 0 Å². The van der Waals surface area contributed by atoms with Gasteiger partial charge in [0.1, 0.15) is 0 Å². The van der Waals surface area contributed by atoms with Gasteiger partial charge in [-0.2, -0.15) is 0 Å². The van der Waals surface area contributed by atoms with Crippen LogP contribution < -0.4 is 0 Å². The van der Waals surface area contributed by atoms with Gasteiger partial charge in [-0.15, -0.1) is 0 Å². The zero-order valence-electron chi connectivity index (χ0n) is 13.1. The first-order valence-corrected chi connectivity index (χ1v) is 9.42. The maximum Gasteiger partial charge on any atom is 0.0668 e. The average molecular weight is 323 g/mol. The molecule has 3 unspecified atom stereocenters. The van der Waals surface area contributed by atoms with Crippen LogP contribution in [0.1, 0.15) is 41.5 Å². The van der Waals surface area contributed by atoms with Crippen molar-refractivity contribution in [2.75, 3.05) is 13.1 Å². The van der Waals surface area contributed by atoms with E-state index >= 15 is 0 Å². The quantitative estimate of drug-likeness (QED) is 0.793. The monoisotopic (exact) mass is 323 g/mol. The molecule has 0 aromatic heterocycles. The third kappa shape index (κ3) is 2.25. The first-order chi connectivity index (χ1) is 11.3. The number of hydrogen-bond acceptors (Lipinski definition) is 3. The van der Waals surface area contributed by atoms with Crippen LogP contribution in [0.5, 0.6) is 0 Å². The minimum atomic E-state index is -0.150. The van der Waals surface area contributed by atoms with Crippen molar-refractivity contribution < 1.29 is 5.11 Å². The Bertz CT molecular complexity index is 759. The van der Waals surface area contributed by atoms with Crippen molar-refractivity contribution in [3.05, 3.63) is 59.2 Å². The molecule has 23 heavy (non-hydrogen) atoms. The first kappa shape index (κ1) is 14.1. The molecule has 5 rings (SSSR count). The number of aliphatic hydroxyl groups is 1. The van der Waals surface area contributed by atoms with E-state index in [1.165, 1.54) is 20.9 Å². The Morgan fingerprint density at radius 3 is 2.78 bits per heavy atom. The molecular weight excluding hydrogens is 302 g/mol. The fourth-order valence-corrected chi connectivity index (χ4v) is 5.86. The van der Waals surface area contributed by atoms with Gasteiger partial charge in [-0.25, -0.2) is 0 Å². The highest BCUT2D eigenvalue weighted by atomic mass is 32.2. The summed E-state index contributed by atoms with van der Waals surface area (Å²) in [6.07, 6.45) is 2.99. The summed E-state index contributed by atoms with van der Waals surface area (Å²) in [5, 5.41) is 10.1. The molecule has 0 saturated carbocycles. The van der Waals surface area contributed by atoms with Crippen molar-refractivity contribution in [1.29, 1.82) is 0 Å². The summed E-state index contributed by atoms with van der Waals surface area (Å²) >= 11 is 1.94. The molecule has 3 atom stereocenters. The van der Waals surface area contributed by atoms with Crippen molar-refractivity contribution >= 4 is 11.8 Å². The molecule has 0 radical (unpaired) electrons. The van der Waals surface area contributed by atoms with Crippen LogP contribution in [-0.4, -0.2) is 29.2 Å². The Balaban J connectivity index is 1.65. The predicted molar refractivity (Wildman–Crippen MR) is 93.0 cm³/mol. The number of piperidine rings is 1. The standard InChI is InChI=1S/C20H21NOS/c22-15-8-9-17-16-5-3-7-19-20(16)14(11-21(17)12-15)10-13-4-1-2-6-18(13)23-19/h1-7,14-15,17,22H,8-12H2. The van der Waals surface area contributed by atoms with E-state index in [0.717, 1.165) is 32.4 Å². The van der Waals surface area contributed by atoms with Gasteiger partial charge >= 0.3 is 0 Å². The summed E-state index contributed by atoms with van der Waals surface area (Å²) in [5.74, 6) is 0.555. The molecule has 1 saturated heterocycles. The first-order valence-electron chi connectivity index (χ1n) is 8.60. The molecule has 3 aliphatic heterocycles. The summed E-state index contributed by atoms with van der Waals surface area (Å²) in [4.78, 5) is 5.39. The van der Waals surface area contributed by atoms with Crippen molar-refractivity contribution in [3.63, 3.8) is 0 Å². The maximum atomic E-state index is 10.1. The van der Waals surface area contributed by atoms with E-state index in [-0.39, 0.29) is 6.10 Å². The predicted octanol–water partition coefficient (Wildman–Crippen LogP) is 3.99. The van der Waals surface area contributed by atoms with Crippen LogP contribution in [-0.2, 0) is 6.42 Å². The maximum absolute atomic E-state index is 10.1. The van der Waals surface area contributed by atoms with E-state index in [1.807, 2.05) is 11.8 Å². The van der Waals surface area contributed by atoms with Crippen molar-refractivity contribution in [2.24, 2.45) is 0 Å². The largest absolute Gasteiger partial charge is 0.392 e. The third-order valence-corrected chi connectivity index (χ3v) is 6.83. The fourth-order valence-electron chi connectivity index (χ4n) is 4.65. The number of nitrogens with zero attached hydrogens (tertiary/aromatic N) is 1. The van der Waals surface area contributed by atoms with Crippen molar-refractivity contribution in [3.8, 4) is 0 Å². The lowest BCUT2D eigenvalue weighted by atomic mass is 9.79. The lowest BCUT2D eigenvalue weighted by Crippen LogP contribution is -2.46. The highest BCUT2D eigenvalue weighted by Gasteiger charge is 2.39. The zero-order chi connectivity index (χ0) is 15.4. The van der Waals surface area contributed by atoms with Gasteiger partial charge in [0.15, 0.2) is 0 Å². The van der Waals surface area contributed by atoms with Crippen LogP contribution in [0.15, 0.2) is 52.3 Å². The highest BCUT2D eigenvalue weighted by molar-refractivity contribution is 7.99. The van der Waals surface area contributed by atoms with Crippen LogP contribution in [0.4, 0.5) is 0 Å². The van der Waals surface area contributed by atoms with Gasteiger partial charge in [-0.3, -0.25) is 4.90 Å². The zero-order valence-corrected chi connectivity index (χ0v) is 13.9. The van der Waals surface area contributed by atoms with Crippen molar-refractivity contribution in [2.45, 2.75) is 47.1 Å². The summed E-state index contributed by atoms with van der Waals surface area (Å²) in [6, 6.07) is 16.2. The molecule has 2 aromatic rings. The number of fused-ring (bicyclic) bond motifs is 3.